The maximum Gasteiger partial charge on any atom is 0.228 e. The molecule has 2 fully saturated rings. The molecule has 0 aromatic carbocycles. The Labute approximate surface area is 146 Å². The van der Waals surface area contributed by atoms with Gasteiger partial charge in [0.25, 0.3) is 0 Å². The fourth-order valence-corrected chi connectivity index (χ4v) is 4.03. The molecular formula is C18H23N5O2. The Kier molecular flexibility index (Phi) is 4.15. The fourth-order valence-electron chi connectivity index (χ4n) is 4.03. The molecule has 0 radical (unpaired) electrons. The Morgan fingerprint density at radius 1 is 1.28 bits per heavy atom. The molecule has 2 aromatic heterocycles. The van der Waals surface area contributed by atoms with Gasteiger partial charge in [0.15, 0.2) is 5.65 Å². The van der Waals surface area contributed by atoms with Crippen LogP contribution in [0, 0.1) is 5.92 Å². The molecule has 4 rings (SSSR count). The van der Waals surface area contributed by atoms with E-state index >= 15 is 0 Å². The number of aromatic nitrogens is 3. The lowest BCUT2D eigenvalue weighted by Gasteiger charge is -2.33. The average molecular weight is 341 g/mol. The van der Waals surface area contributed by atoms with Crippen molar-refractivity contribution in [2.75, 3.05) is 26.2 Å². The van der Waals surface area contributed by atoms with Gasteiger partial charge in [-0.1, -0.05) is 6.07 Å². The average Bonchev–Trinajstić information content (AvgIpc) is 3.24. The van der Waals surface area contributed by atoms with Crippen molar-refractivity contribution in [2.24, 2.45) is 5.92 Å². The van der Waals surface area contributed by atoms with Crippen LogP contribution < -0.4 is 0 Å². The predicted octanol–water partition coefficient (Wildman–Crippen LogP) is 1.30. The number of pyridine rings is 1. The third kappa shape index (κ3) is 2.88. The summed E-state index contributed by atoms with van der Waals surface area (Å²) >= 11 is 0. The number of amides is 2. The minimum absolute atomic E-state index is 0.0952. The maximum atomic E-state index is 12.9. The number of carbonyl (C=O) groups excluding carboxylic acids is 2. The summed E-state index contributed by atoms with van der Waals surface area (Å²) in [7, 11) is 0. The summed E-state index contributed by atoms with van der Waals surface area (Å²) in [6.45, 7) is 4.62. The highest BCUT2D eigenvalue weighted by Gasteiger charge is 2.37. The monoisotopic (exact) mass is 341 g/mol. The molecule has 2 unspecified atom stereocenters. The molecule has 2 aliphatic rings. The van der Waals surface area contributed by atoms with Gasteiger partial charge in [0, 0.05) is 44.7 Å². The molecule has 0 saturated carbocycles. The third-order valence-corrected chi connectivity index (χ3v) is 5.38. The van der Waals surface area contributed by atoms with Crippen LogP contribution >= 0.6 is 0 Å². The number of hydrogen-bond donors (Lipinski definition) is 0. The summed E-state index contributed by atoms with van der Waals surface area (Å²) in [6.07, 6.45) is 4.28. The fraction of sp³-hybridized carbons (Fsp3) is 0.556. The van der Waals surface area contributed by atoms with Gasteiger partial charge in [-0.2, -0.15) is 0 Å². The van der Waals surface area contributed by atoms with Crippen molar-refractivity contribution in [1.29, 1.82) is 0 Å². The van der Waals surface area contributed by atoms with Gasteiger partial charge in [0.05, 0.1) is 5.92 Å². The first-order chi connectivity index (χ1) is 12.2. The Morgan fingerprint density at radius 2 is 2.16 bits per heavy atom. The zero-order chi connectivity index (χ0) is 17.4. The zero-order valence-electron chi connectivity index (χ0n) is 14.5. The van der Waals surface area contributed by atoms with Gasteiger partial charge in [-0.15, -0.1) is 10.2 Å². The summed E-state index contributed by atoms with van der Waals surface area (Å²) < 4.78 is 2.01. The first kappa shape index (κ1) is 16.1. The summed E-state index contributed by atoms with van der Waals surface area (Å²) in [4.78, 5) is 28.5. The minimum atomic E-state index is -0.193. The van der Waals surface area contributed by atoms with E-state index in [2.05, 4.69) is 10.2 Å². The largest absolute Gasteiger partial charge is 0.342 e. The zero-order valence-corrected chi connectivity index (χ0v) is 14.5. The second-order valence-corrected chi connectivity index (χ2v) is 6.94. The lowest BCUT2D eigenvalue weighted by molar-refractivity contribution is -0.137. The van der Waals surface area contributed by atoms with Gasteiger partial charge >= 0.3 is 0 Å². The van der Waals surface area contributed by atoms with E-state index in [1.54, 1.807) is 4.90 Å². The van der Waals surface area contributed by atoms with Crippen LogP contribution in [0.4, 0.5) is 0 Å². The highest BCUT2D eigenvalue weighted by molar-refractivity contribution is 5.89. The third-order valence-electron chi connectivity index (χ3n) is 5.38. The molecule has 2 atom stereocenters. The van der Waals surface area contributed by atoms with Gasteiger partial charge in [-0.25, -0.2) is 0 Å². The Bertz CT molecular complexity index is 802. The molecular weight excluding hydrogens is 318 g/mol. The van der Waals surface area contributed by atoms with E-state index in [1.165, 1.54) is 0 Å². The van der Waals surface area contributed by atoms with E-state index in [1.807, 2.05) is 40.6 Å². The van der Waals surface area contributed by atoms with Crippen molar-refractivity contribution in [1.82, 2.24) is 24.4 Å². The van der Waals surface area contributed by atoms with E-state index in [4.69, 9.17) is 0 Å². The smallest absolute Gasteiger partial charge is 0.228 e. The Balaban J connectivity index is 1.49. The summed E-state index contributed by atoms with van der Waals surface area (Å²) in [6, 6.07) is 5.85. The van der Waals surface area contributed by atoms with Crippen molar-refractivity contribution >= 4 is 17.5 Å². The molecule has 132 valence electrons. The number of piperidine rings is 1. The first-order valence-electron chi connectivity index (χ1n) is 9.03. The number of rotatable bonds is 3. The van der Waals surface area contributed by atoms with Crippen LogP contribution in [-0.2, 0) is 9.59 Å². The summed E-state index contributed by atoms with van der Waals surface area (Å²) in [5.74, 6) is 1.13. The highest BCUT2D eigenvalue weighted by Crippen LogP contribution is 2.28. The van der Waals surface area contributed by atoms with Gasteiger partial charge in [0.2, 0.25) is 11.8 Å². The summed E-state index contributed by atoms with van der Waals surface area (Å²) in [5.41, 5.74) is 0.834. The lowest BCUT2D eigenvalue weighted by Crippen LogP contribution is -2.43. The van der Waals surface area contributed by atoms with E-state index in [9.17, 15) is 9.59 Å². The van der Waals surface area contributed by atoms with Crippen LogP contribution in [0.3, 0.4) is 0 Å². The van der Waals surface area contributed by atoms with Crippen molar-refractivity contribution in [3.05, 3.63) is 30.2 Å². The summed E-state index contributed by atoms with van der Waals surface area (Å²) in [5, 5.41) is 8.59. The molecule has 7 nitrogen and oxygen atoms in total. The first-order valence-corrected chi connectivity index (χ1v) is 9.03. The van der Waals surface area contributed by atoms with Crippen molar-refractivity contribution in [2.45, 2.75) is 32.1 Å². The molecule has 0 spiro atoms. The maximum absolute atomic E-state index is 12.9. The molecule has 4 heterocycles. The van der Waals surface area contributed by atoms with Gasteiger partial charge in [-0.3, -0.25) is 14.0 Å². The standard InChI is InChI=1S/C18H23N5O2/c1-2-21-12-14(10-16(21)24)18(25)22-8-5-6-13(11-22)17-20-19-15-7-3-4-9-23(15)17/h3-4,7,9,13-14H,2,5-6,8,10-12H2,1H3. The van der Waals surface area contributed by atoms with E-state index in [0.29, 0.717) is 26.1 Å². The quantitative estimate of drug-likeness (QED) is 0.844. The van der Waals surface area contributed by atoms with Gasteiger partial charge in [0.1, 0.15) is 5.82 Å². The molecule has 0 aliphatic carbocycles. The van der Waals surface area contributed by atoms with Crippen LogP contribution in [0.1, 0.15) is 37.9 Å². The molecule has 7 heteroatoms. The second-order valence-electron chi connectivity index (χ2n) is 6.94. The van der Waals surface area contributed by atoms with Crippen molar-refractivity contribution < 1.29 is 9.59 Å². The molecule has 0 N–H and O–H groups in total. The van der Waals surface area contributed by atoms with Crippen LogP contribution in [0.2, 0.25) is 0 Å². The van der Waals surface area contributed by atoms with E-state index in [-0.39, 0.29) is 23.7 Å². The number of likely N-dealkylation sites (tertiary alicyclic amines) is 2. The molecule has 2 saturated heterocycles. The van der Waals surface area contributed by atoms with Gasteiger partial charge in [-0.05, 0) is 31.9 Å². The number of nitrogens with zero attached hydrogens (tertiary/aromatic N) is 5. The van der Waals surface area contributed by atoms with Crippen LogP contribution in [0.15, 0.2) is 24.4 Å². The molecule has 25 heavy (non-hydrogen) atoms. The van der Waals surface area contributed by atoms with E-state index in [0.717, 1.165) is 30.9 Å². The Hall–Kier alpha value is -2.44. The topological polar surface area (TPSA) is 70.8 Å². The van der Waals surface area contributed by atoms with Crippen LogP contribution in [-0.4, -0.2) is 62.4 Å². The lowest BCUT2D eigenvalue weighted by atomic mass is 9.95. The van der Waals surface area contributed by atoms with Crippen molar-refractivity contribution in [3.63, 3.8) is 0 Å². The SMILES string of the molecule is CCN1CC(C(=O)N2CCCC(c3nnc4ccccn34)C2)CC1=O. The van der Waals surface area contributed by atoms with E-state index < -0.39 is 0 Å². The van der Waals surface area contributed by atoms with Crippen LogP contribution in [0.5, 0.6) is 0 Å². The Morgan fingerprint density at radius 3 is 2.96 bits per heavy atom. The van der Waals surface area contributed by atoms with Crippen LogP contribution in [0.25, 0.3) is 5.65 Å². The number of fused-ring (bicyclic) bond motifs is 1. The molecule has 2 aromatic rings. The predicted molar refractivity (Wildman–Crippen MR) is 91.9 cm³/mol. The second kappa shape index (κ2) is 6.46. The number of hydrogen-bond acceptors (Lipinski definition) is 4. The molecule has 0 bridgehead atoms. The van der Waals surface area contributed by atoms with Crippen molar-refractivity contribution in [3.8, 4) is 0 Å². The van der Waals surface area contributed by atoms with Gasteiger partial charge < -0.3 is 9.80 Å². The normalized spacial score (nSPS) is 24.3. The minimum Gasteiger partial charge on any atom is -0.342 e. The molecule has 2 aliphatic heterocycles. The number of carbonyl (C=O) groups is 2. The highest BCUT2D eigenvalue weighted by atomic mass is 16.2. The molecule has 2 amide bonds.